The summed E-state index contributed by atoms with van der Waals surface area (Å²) in [4.78, 5) is 21.8. The van der Waals surface area contributed by atoms with Crippen molar-refractivity contribution in [3.63, 3.8) is 0 Å². The van der Waals surface area contributed by atoms with E-state index >= 15 is 0 Å². The second kappa shape index (κ2) is 12.4. The van der Waals surface area contributed by atoms with Crippen molar-refractivity contribution >= 4 is 49.7 Å². The van der Waals surface area contributed by atoms with Crippen LogP contribution in [-0.4, -0.2) is 33.4 Å². The van der Waals surface area contributed by atoms with Gasteiger partial charge < -0.3 is 15.6 Å². The maximum Gasteiger partial charge on any atom is 0.355 e. The number of rotatable bonds is 10. The number of hydrogen-bond acceptors (Lipinski definition) is 9. The zero-order chi connectivity index (χ0) is 29.1. The Labute approximate surface area is 249 Å². The normalized spacial score (nSPS) is 13.8. The maximum atomic E-state index is 14.2. The lowest BCUT2D eigenvalue weighted by Crippen LogP contribution is -2.13. The number of halogens is 1. The highest BCUT2D eigenvalue weighted by Crippen LogP contribution is 2.33. The van der Waals surface area contributed by atoms with Gasteiger partial charge in [-0.3, -0.25) is 5.43 Å². The molecule has 0 atom stereocenters. The topological polar surface area (TPSA) is 123 Å². The van der Waals surface area contributed by atoms with E-state index in [2.05, 4.69) is 27.5 Å². The van der Waals surface area contributed by atoms with Gasteiger partial charge in [0.1, 0.15) is 5.01 Å². The van der Waals surface area contributed by atoms with Crippen molar-refractivity contribution in [1.29, 1.82) is 0 Å². The number of hydrazone groups is 1. The average Bonchev–Trinajstić information content (AvgIpc) is 3.63. The number of carboxylic acids is 1. The third-order valence-corrected chi connectivity index (χ3v) is 9.15. The number of para-hydroxylation sites is 1. The summed E-state index contributed by atoms with van der Waals surface area (Å²) < 4.78 is 20.9. The van der Waals surface area contributed by atoms with Crippen LogP contribution in [0.15, 0.2) is 65.8 Å². The van der Waals surface area contributed by atoms with Gasteiger partial charge >= 0.3 is 5.97 Å². The van der Waals surface area contributed by atoms with E-state index in [0.29, 0.717) is 28.3 Å². The number of benzene rings is 3. The van der Waals surface area contributed by atoms with Crippen molar-refractivity contribution in [2.45, 2.75) is 38.6 Å². The molecule has 0 amide bonds. The molecule has 0 fully saturated rings. The van der Waals surface area contributed by atoms with Crippen LogP contribution >= 0.6 is 22.7 Å². The van der Waals surface area contributed by atoms with Crippen molar-refractivity contribution in [2.24, 2.45) is 10.8 Å². The summed E-state index contributed by atoms with van der Waals surface area (Å²) in [5, 5.41) is 15.9. The SMILES string of the molecule is NCc1ccc(OCCCc2sc(-c3ccc4c(c3)/C(=N/Nc3nc5ccccc5s3)CCC4)nc2C(=O)O)c(F)c1. The molecule has 0 bridgehead atoms. The van der Waals surface area contributed by atoms with Crippen molar-refractivity contribution in [3.05, 3.63) is 93.7 Å². The highest BCUT2D eigenvalue weighted by atomic mass is 32.1. The molecule has 214 valence electrons. The standard InChI is InChI=1S/C31H28FN5O3S2/c32-22-15-18(17-33)10-13-25(22)40-14-4-9-27-28(30(38)39)35-29(41-27)20-12-11-19-5-3-7-23(21(19)16-20)36-37-31-34-24-6-1-2-8-26(24)42-31/h1-2,6,8,10-13,15-16H,3-5,7,9,14,17,33H2,(H,34,37)(H,38,39)/b36-23+. The van der Waals surface area contributed by atoms with Gasteiger partial charge in [0.2, 0.25) is 5.13 Å². The lowest BCUT2D eigenvalue weighted by atomic mass is 9.89. The van der Waals surface area contributed by atoms with Crippen LogP contribution in [-0.2, 0) is 19.4 Å². The zero-order valence-electron chi connectivity index (χ0n) is 22.6. The molecule has 4 N–H and O–H groups in total. The number of aromatic carboxylic acids is 1. The quantitative estimate of drug-likeness (QED) is 0.118. The summed E-state index contributed by atoms with van der Waals surface area (Å²) in [5.41, 5.74) is 14.4. The van der Waals surface area contributed by atoms with Gasteiger partial charge in [-0.05, 0) is 73.6 Å². The Hall–Kier alpha value is -4.19. The number of fused-ring (bicyclic) bond motifs is 2. The number of aryl methyl sites for hydroxylation is 2. The molecular weight excluding hydrogens is 574 g/mol. The molecule has 1 aliphatic carbocycles. The maximum absolute atomic E-state index is 14.2. The van der Waals surface area contributed by atoms with E-state index in [-0.39, 0.29) is 24.6 Å². The van der Waals surface area contributed by atoms with Gasteiger partial charge in [0.25, 0.3) is 0 Å². The predicted octanol–water partition coefficient (Wildman–Crippen LogP) is 6.88. The Morgan fingerprint density at radius 1 is 1.10 bits per heavy atom. The second-order valence-corrected chi connectivity index (χ2v) is 12.0. The summed E-state index contributed by atoms with van der Waals surface area (Å²) in [5.74, 6) is -1.38. The van der Waals surface area contributed by atoms with Crippen LogP contribution in [0.25, 0.3) is 20.8 Å². The van der Waals surface area contributed by atoms with E-state index < -0.39 is 11.8 Å². The second-order valence-electron chi connectivity index (χ2n) is 9.90. The molecule has 0 spiro atoms. The summed E-state index contributed by atoms with van der Waals surface area (Å²) in [6.07, 6.45) is 3.74. The highest BCUT2D eigenvalue weighted by Gasteiger charge is 2.21. The molecule has 0 radical (unpaired) electrons. The van der Waals surface area contributed by atoms with Crippen molar-refractivity contribution in [3.8, 4) is 16.3 Å². The van der Waals surface area contributed by atoms with Crippen LogP contribution in [0.1, 0.15) is 51.3 Å². The van der Waals surface area contributed by atoms with Gasteiger partial charge in [-0.15, -0.1) is 11.3 Å². The number of aromatic nitrogens is 2. The van der Waals surface area contributed by atoms with Crippen LogP contribution in [0.4, 0.5) is 9.52 Å². The van der Waals surface area contributed by atoms with Crippen LogP contribution in [0.5, 0.6) is 5.75 Å². The first-order valence-electron chi connectivity index (χ1n) is 13.6. The number of carbonyl (C=O) groups is 1. The monoisotopic (exact) mass is 601 g/mol. The fourth-order valence-corrected chi connectivity index (χ4v) is 6.84. The molecule has 8 nitrogen and oxygen atoms in total. The summed E-state index contributed by atoms with van der Waals surface area (Å²) in [6.45, 7) is 0.494. The smallest absolute Gasteiger partial charge is 0.355 e. The molecule has 1 aliphatic rings. The Bertz CT molecular complexity index is 1770. The lowest BCUT2D eigenvalue weighted by molar-refractivity contribution is 0.0690. The van der Waals surface area contributed by atoms with E-state index in [0.717, 1.165) is 51.4 Å². The first kappa shape index (κ1) is 28.0. The van der Waals surface area contributed by atoms with E-state index in [1.165, 1.54) is 23.0 Å². The summed E-state index contributed by atoms with van der Waals surface area (Å²) in [6, 6.07) is 18.8. The Kier molecular flexibility index (Phi) is 8.22. The first-order valence-corrected chi connectivity index (χ1v) is 15.3. The first-order chi connectivity index (χ1) is 20.5. The third kappa shape index (κ3) is 6.03. The molecule has 5 aromatic rings. The van der Waals surface area contributed by atoms with E-state index in [4.69, 9.17) is 15.6 Å². The molecule has 0 unspecified atom stereocenters. The Balaban J connectivity index is 1.18. The van der Waals surface area contributed by atoms with Gasteiger partial charge in [0.15, 0.2) is 17.3 Å². The minimum Gasteiger partial charge on any atom is -0.491 e. The molecule has 0 saturated heterocycles. The van der Waals surface area contributed by atoms with Crippen LogP contribution in [0, 0.1) is 5.82 Å². The van der Waals surface area contributed by atoms with E-state index in [1.54, 1.807) is 23.5 Å². The number of carboxylic acid groups (broad SMARTS) is 1. The van der Waals surface area contributed by atoms with Crippen molar-refractivity contribution in [2.75, 3.05) is 12.0 Å². The van der Waals surface area contributed by atoms with E-state index in [1.807, 2.05) is 30.3 Å². The highest BCUT2D eigenvalue weighted by molar-refractivity contribution is 7.22. The molecule has 2 heterocycles. The van der Waals surface area contributed by atoms with Crippen molar-refractivity contribution < 1.29 is 19.0 Å². The fourth-order valence-electron chi connectivity index (χ4n) is 4.94. The Morgan fingerprint density at radius 2 is 1.98 bits per heavy atom. The predicted molar refractivity (Wildman–Crippen MR) is 165 cm³/mol. The van der Waals surface area contributed by atoms with E-state index in [9.17, 15) is 14.3 Å². The zero-order valence-corrected chi connectivity index (χ0v) is 24.2. The number of nitrogens with zero attached hydrogens (tertiary/aromatic N) is 3. The summed E-state index contributed by atoms with van der Waals surface area (Å²) in [7, 11) is 0. The summed E-state index contributed by atoms with van der Waals surface area (Å²) >= 11 is 2.92. The molecule has 0 saturated carbocycles. The molecule has 6 rings (SSSR count). The van der Waals surface area contributed by atoms with Crippen molar-refractivity contribution in [1.82, 2.24) is 9.97 Å². The van der Waals surface area contributed by atoms with Crippen LogP contribution in [0.2, 0.25) is 0 Å². The largest absolute Gasteiger partial charge is 0.491 e. The number of hydrogen-bond donors (Lipinski definition) is 3. The van der Waals surface area contributed by atoms with Crippen LogP contribution < -0.4 is 15.9 Å². The average molecular weight is 602 g/mol. The minimum absolute atomic E-state index is 0.0394. The number of ether oxygens (including phenoxy) is 1. The number of anilines is 1. The number of nitrogens with two attached hydrogens (primary N) is 1. The molecule has 11 heteroatoms. The number of nitrogens with one attached hydrogen (secondary N) is 1. The van der Waals surface area contributed by atoms with Gasteiger partial charge in [0, 0.05) is 22.5 Å². The molecule has 2 aromatic heterocycles. The number of thiazole rings is 2. The molecular formula is C31H28FN5O3S2. The lowest BCUT2D eigenvalue weighted by Gasteiger charge is -2.18. The van der Waals surface area contributed by atoms with Gasteiger partial charge in [0.05, 0.1) is 22.5 Å². The van der Waals surface area contributed by atoms with Gasteiger partial charge in [-0.1, -0.05) is 41.7 Å². The fraction of sp³-hybridized carbons (Fsp3) is 0.226. The molecule has 42 heavy (non-hydrogen) atoms. The third-order valence-electron chi connectivity index (χ3n) is 7.05. The Morgan fingerprint density at radius 3 is 2.79 bits per heavy atom. The molecule has 3 aromatic carbocycles. The molecule has 0 aliphatic heterocycles. The van der Waals surface area contributed by atoms with Crippen LogP contribution in [0.3, 0.4) is 0 Å². The van der Waals surface area contributed by atoms with Gasteiger partial charge in [-0.2, -0.15) is 5.10 Å². The van der Waals surface area contributed by atoms with Gasteiger partial charge in [-0.25, -0.2) is 19.2 Å². The minimum atomic E-state index is -1.07.